The van der Waals surface area contributed by atoms with Crippen LogP contribution >= 0.6 is 46.4 Å². The molecule has 0 radical (unpaired) electrons. The Morgan fingerprint density at radius 2 is 0.967 bits per heavy atom. The van der Waals surface area contributed by atoms with E-state index >= 15 is 0 Å². The summed E-state index contributed by atoms with van der Waals surface area (Å²) in [5.41, 5.74) is 1.14. The maximum absolute atomic E-state index is 11.0. The molecule has 2 N–H and O–H groups in total. The summed E-state index contributed by atoms with van der Waals surface area (Å²) in [6, 6.07) is 12.5. The molecule has 4 aromatic rings. The average Bonchev–Trinajstić information content (AvgIpc) is 2.68. The second-order valence-corrected chi connectivity index (χ2v) is 7.45. The summed E-state index contributed by atoms with van der Waals surface area (Å²) in [5.74, 6) is -2.15. The normalized spacial score (nSPS) is 10.5. The zero-order valence-corrected chi connectivity index (χ0v) is 17.8. The van der Waals surface area contributed by atoms with Crippen molar-refractivity contribution < 1.29 is 19.8 Å². The van der Waals surface area contributed by atoms with Gasteiger partial charge < -0.3 is 10.2 Å². The molecule has 0 aliphatic rings. The van der Waals surface area contributed by atoms with Crippen molar-refractivity contribution in [3.63, 3.8) is 0 Å². The summed E-state index contributed by atoms with van der Waals surface area (Å²) in [7, 11) is 0. The van der Waals surface area contributed by atoms with E-state index in [2.05, 4.69) is 9.97 Å². The number of nitrogens with zero attached hydrogens (tertiary/aromatic N) is 2. The number of carboxylic acids is 2. The number of carboxylic acid groups (broad SMARTS) is 2. The van der Waals surface area contributed by atoms with Crippen molar-refractivity contribution in [2.24, 2.45) is 0 Å². The van der Waals surface area contributed by atoms with Gasteiger partial charge in [0.05, 0.1) is 32.2 Å². The maximum atomic E-state index is 11.0. The Labute approximate surface area is 189 Å². The molecule has 2 aromatic carbocycles. The Morgan fingerprint density at radius 1 is 0.600 bits per heavy atom. The van der Waals surface area contributed by atoms with Crippen LogP contribution in [0, 0.1) is 0 Å². The number of fused-ring (bicyclic) bond motifs is 2. The minimum absolute atomic E-state index is 0.0540. The molecule has 4 rings (SSSR count). The lowest BCUT2D eigenvalue weighted by Crippen LogP contribution is -1.99. The average molecular weight is 484 g/mol. The first-order valence-corrected chi connectivity index (χ1v) is 9.66. The van der Waals surface area contributed by atoms with E-state index in [4.69, 9.17) is 56.6 Å². The summed E-state index contributed by atoms with van der Waals surface area (Å²) in [6.45, 7) is 0. The SMILES string of the molecule is O=C(O)c1c(Cl)ccc2nc(Cl)ccc12.O=C(O)c1c(Cl)ccc2nc(Cl)ccc12. The summed E-state index contributed by atoms with van der Waals surface area (Å²) in [6.07, 6.45) is 0. The third-order valence-electron chi connectivity index (χ3n) is 4.00. The lowest BCUT2D eigenvalue weighted by atomic mass is 10.1. The highest BCUT2D eigenvalue weighted by Crippen LogP contribution is 2.27. The van der Waals surface area contributed by atoms with Crippen molar-refractivity contribution in [3.8, 4) is 0 Å². The molecule has 0 aliphatic carbocycles. The van der Waals surface area contributed by atoms with Gasteiger partial charge in [-0.05, 0) is 48.5 Å². The van der Waals surface area contributed by atoms with Crippen LogP contribution in [0.4, 0.5) is 0 Å². The molecule has 0 aliphatic heterocycles. The third kappa shape index (κ3) is 4.57. The molecule has 0 saturated carbocycles. The maximum Gasteiger partial charge on any atom is 0.337 e. The van der Waals surface area contributed by atoms with Gasteiger partial charge >= 0.3 is 11.9 Å². The van der Waals surface area contributed by atoms with Gasteiger partial charge in [0.25, 0.3) is 0 Å². The molecule has 10 heteroatoms. The number of pyridine rings is 2. The second-order valence-electron chi connectivity index (χ2n) is 5.86. The lowest BCUT2D eigenvalue weighted by molar-refractivity contribution is 0.0688. The molecular weight excluding hydrogens is 474 g/mol. The van der Waals surface area contributed by atoms with E-state index in [9.17, 15) is 9.59 Å². The van der Waals surface area contributed by atoms with Gasteiger partial charge in [0.1, 0.15) is 10.3 Å². The van der Waals surface area contributed by atoms with Gasteiger partial charge in [-0.25, -0.2) is 19.6 Å². The molecule has 2 aromatic heterocycles. The van der Waals surface area contributed by atoms with E-state index in [1.165, 1.54) is 24.3 Å². The number of aromatic carboxylic acids is 2. The van der Waals surface area contributed by atoms with E-state index < -0.39 is 11.9 Å². The van der Waals surface area contributed by atoms with Crippen LogP contribution in [0.3, 0.4) is 0 Å². The summed E-state index contributed by atoms with van der Waals surface area (Å²) in [5, 5.41) is 20.0. The van der Waals surface area contributed by atoms with Crippen LogP contribution in [0.25, 0.3) is 21.8 Å². The van der Waals surface area contributed by atoms with Crippen molar-refractivity contribution in [1.82, 2.24) is 9.97 Å². The summed E-state index contributed by atoms with van der Waals surface area (Å²) in [4.78, 5) is 30.0. The van der Waals surface area contributed by atoms with Gasteiger partial charge in [-0.2, -0.15) is 0 Å². The summed E-state index contributed by atoms with van der Waals surface area (Å²) >= 11 is 23.0. The largest absolute Gasteiger partial charge is 0.478 e. The third-order valence-corrected chi connectivity index (χ3v) is 5.05. The van der Waals surface area contributed by atoms with Gasteiger partial charge in [0.15, 0.2) is 0 Å². The molecule has 0 saturated heterocycles. The van der Waals surface area contributed by atoms with E-state index in [1.54, 1.807) is 24.3 Å². The fourth-order valence-corrected chi connectivity index (χ4v) is 3.54. The highest BCUT2D eigenvalue weighted by atomic mass is 35.5. The van der Waals surface area contributed by atoms with Crippen LogP contribution in [-0.4, -0.2) is 32.1 Å². The predicted molar refractivity (Wildman–Crippen MR) is 117 cm³/mol. The first-order valence-electron chi connectivity index (χ1n) is 8.15. The Balaban J connectivity index is 0.000000171. The standard InChI is InChI=1S/2C10H5Cl2NO2/c2*11-6-2-3-7-5(9(6)10(14)15)1-4-8(12)13-7/h2*1-4H,(H,14,15). The monoisotopic (exact) mass is 482 g/mol. The fraction of sp³-hybridized carbons (Fsp3) is 0. The molecule has 0 spiro atoms. The van der Waals surface area contributed by atoms with Gasteiger partial charge in [0, 0.05) is 10.8 Å². The molecule has 0 unspecified atom stereocenters. The van der Waals surface area contributed by atoms with E-state index in [1.807, 2.05) is 0 Å². The van der Waals surface area contributed by atoms with Crippen molar-refractivity contribution in [2.75, 3.05) is 0 Å². The first kappa shape index (κ1) is 22.1. The Bertz CT molecular complexity index is 1210. The van der Waals surface area contributed by atoms with Crippen molar-refractivity contribution in [2.45, 2.75) is 0 Å². The topological polar surface area (TPSA) is 100 Å². The van der Waals surface area contributed by atoms with Crippen LogP contribution in [0.2, 0.25) is 20.4 Å². The van der Waals surface area contributed by atoms with Crippen molar-refractivity contribution >= 4 is 80.1 Å². The molecule has 6 nitrogen and oxygen atoms in total. The number of benzene rings is 2. The summed E-state index contributed by atoms with van der Waals surface area (Å²) < 4.78 is 0. The van der Waals surface area contributed by atoms with Gasteiger partial charge in [-0.3, -0.25) is 0 Å². The highest BCUT2D eigenvalue weighted by molar-refractivity contribution is 6.36. The minimum atomic E-state index is -1.07. The van der Waals surface area contributed by atoms with Crippen LogP contribution in [0.5, 0.6) is 0 Å². The number of halogens is 4. The minimum Gasteiger partial charge on any atom is -0.478 e. The number of rotatable bonds is 2. The molecular formula is C20H10Cl4N2O4. The first-order chi connectivity index (χ1) is 14.2. The number of hydrogen-bond donors (Lipinski definition) is 2. The smallest absolute Gasteiger partial charge is 0.337 e. The predicted octanol–water partition coefficient (Wildman–Crippen LogP) is 6.48. The molecule has 0 amide bonds. The quantitative estimate of drug-likeness (QED) is 0.316. The highest BCUT2D eigenvalue weighted by Gasteiger charge is 2.14. The zero-order valence-electron chi connectivity index (χ0n) is 14.7. The Kier molecular flexibility index (Phi) is 6.63. The van der Waals surface area contributed by atoms with Crippen molar-refractivity contribution in [1.29, 1.82) is 0 Å². The van der Waals surface area contributed by atoms with Crippen molar-refractivity contribution in [3.05, 3.63) is 80.0 Å². The number of hydrogen-bond acceptors (Lipinski definition) is 4. The molecule has 0 atom stereocenters. The Hall–Kier alpha value is -2.64. The second kappa shape index (κ2) is 9.02. The van der Waals surface area contributed by atoms with E-state index in [0.717, 1.165) is 0 Å². The number of aromatic nitrogens is 2. The van der Waals surface area contributed by atoms with E-state index in [-0.39, 0.29) is 21.2 Å². The fourth-order valence-electron chi connectivity index (χ4n) is 2.74. The molecule has 0 fully saturated rings. The lowest BCUT2D eigenvalue weighted by Gasteiger charge is -2.04. The molecule has 2 heterocycles. The van der Waals surface area contributed by atoms with Crippen LogP contribution in [0.15, 0.2) is 48.5 Å². The van der Waals surface area contributed by atoms with Crippen LogP contribution < -0.4 is 0 Å². The number of carbonyl (C=O) groups is 2. The Morgan fingerprint density at radius 3 is 1.30 bits per heavy atom. The molecule has 152 valence electrons. The van der Waals surface area contributed by atoms with Gasteiger partial charge in [0.2, 0.25) is 0 Å². The van der Waals surface area contributed by atoms with Gasteiger partial charge in [-0.15, -0.1) is 0 Å². The van der Waals surface area contributed by atoms with Crippen LogP contribution in [-0.2, 0) is 0 Å². The zero-order chi connectivity index (χ0) is 22.0. The molecule has 0 bridgehead atoms. The van der Waals surface area contributed by atoms with Gasteiger partial charge in [-0.1, -0.05) is 46.4 Å². The van der Waals surface area contributed by atoms with E-state index in [0.29, 0.717) is 32.1 Å². The molecule has 30 heavy (non-hydrogen) atoms. The van der Waals surface area contributed by atoms with Crippen LogP contribution in [0.1, 0.15) is 20.7 Å².